The molecule has 1 fully saturated rings. The normalized spacial score (nSPS) is 17.1. The SMILES string of the molecule is COC(=O)CCCCC=C(CNCCCN1CCCCC1C)COc1cccc2ccccc12. The van der Waals surface area contributed by atoms with Crippen LogP contribution >= 0.6 is 0 Å². The molecule has 1 N–H and O–H groups in total. The number of unbranched alkanes of at least 4 members (excludes halogenated alkanes) is 2. The van der Waals surface area contributed by atoms with Gasteiger partial charge in [-0.25, -0.2) is 0 Å². The van der Waals surface area contributed by atoms with E-state index in [4.69, 9.17) is 9.47 Å². The van der Waals surface area contributed by atoms with Crippen LogP contribution in [0, 0.1) is 0 Å². The van der Waals surface area contributed by atoms with Crippen LogP contribution in [0.2, 0.25) is 0 Å². The molecule has 3 rings (SSSR count). The van der Waals surface area contributed by atoms with Crippen molar-refractivity contribution in [3.05, 3.63) is 54.1 Å². The van der Waals surface area contributed by atoms with Gasteiger partial charge in [-0.15, -0.1) is 0 Å². The van der Waals surface area contributed by atoms with E-state index in [0.717, 1.165) is 49.5 Å². The second kappa shape index (κ2) is 14.8. The van der Waals surface area contributed by atoms with Gasteiger partial charge in [-0.2, -0.15) is 0 Å². The molecule has 186 valence electrons. The van der Waals surface area contributed by atoms with Gasteiger partial charge < -0.3 is 19.7 Å². The standard InChI is InChI=1S/C29H42N2O3/c1-24-12-8-9-20-31(24)21-11-19-30-22-25(13-4-3-5-18-29(32)33-2)23-34-28-17-10-15-26-14-6-7-16-27(26)28/h6-7,10,13-17,24,30H,3-5,8-9,11-12,18-23H2,1-2H3. The van der Waals surface area contributed by atoms with Gasteiger partial charge in [0.05, 0.1) is 7.11 Å². The van der Waals surface area contributed by atoms with Crippen molar-refractivity contribution < 1.29 is 14.3 Å². The van der Waals surface area contributed by atoms with Crippen molar-refractivity contribution in [2.45, 2.75) is 64.3 Å². The Morgan fingerprint density at radius 1 is 1.12 bits per heavy atom. The fourth-order valence-electron chi connectivity index (χ4n) is 4.64. The fourth-order valence-corrected chi connectivity index (χ4v) is 4.64. The van der Waals surface area contributed by atoms with Crippen molar-refractivity contribution in [3.63, 3.8) is 0 Å². The number of carbonyl (C=O) groups excluding carboxylic acids is 1. The topological polar surface area (TPSA) is 50.8 Å². The van der Waals surface area contributed by atoms with E-state index in [1.807, 2.05) is 12.1 Å². The van der Waals surface area contributed by atoms with Crippen molar-refractivity contribution in [1.82, 2.24) is 10.2 Å². The van der Waals surface area contributed by atoms with E-state index in [0.29, 0.717) is 13.0 Å². The number of rotatable bonds is 14. The first-order valence-electron chi connectivity index (χ1n) is 13.0. The zero-order valence-electron chi connectivity index (χ0n) is 21.1. The van der Waals surface area contributed by atoms with Crippen LogP contribution < -0.4 is 10.1 Å². The first kappa shape index (κ1) is 26.2. The van der Waals surface area contributed by atoms with Crippen molar-refractivity contribution in [2.24, 2.45) is 0 Å². The summed E-state index contributed by atoms with van der Waals surface area (Å²) in [6, 6.07) is 15.3. The number of nitrogens with one attached hydrogen (secondary N) is 1. The van der Waals surface area contributed by atoms with Gasteiger partial charge in [0.1, 0.15) is 12.4 Å². The van der Waals surface area contributed by atoms with E-state index in [2.05, 4.69) is 53.5 Å². The Balaban J connectivity index is 1.48. The summed E-state index contributed by atoms with van der Waals surface area (Å²) in [7, 11) is 1.45. The molecule has 0 amide bonds. The monoisotopic (exact) mass is 466 g/mol. The second-order valence-corrected chi connectivity index (χ2v) is 9.36. The lowest BCUT2D eigenvalue weighted by Gasteiger charge is -2.33. The zero-order chi connectivity index (χ0) is 24.0. The number of hydrogen-bond acceptors (Lipinski definition) is 5. The molecule has 34 heavy (non-hydrogen) atoms. The summed E-state index contributed by atoms with van der Waals surface area (Å²) >= 11 is 0. The molecule has 1 heterocycles. The summed E-state index contributed by atoms with van der Waals surface area (Å²) in [5, 5.41) is 5.97. The third-order valence-electron chi connectivity index (χ3n) is 6.75. The average molecular weight is 467 g/mol. The second-order valence-electron chi connectivity index (χ2n) is 9.36. The highest BCUT2D eigenvalue weighted by atomic mass is 16.5. The van der Waals surface area contributed by atoms with Gasteiger partial charge >= 0.3 is 5.97 Å². The molecule has 1 atom stereocenters. The van der Waals surface area contributed by atoms with Crippen molar-refractivity contribution in [1.29, 1.82) is 0 Å². The minimum Gasteiger partial charge on any atom is -0.489 e. The molecular formula is C29H42N2O3. The summed E-state index contributed by atoms with van der Waals surface area (Å²) in [5.74, 6) is 0.793. The van der Waals surface area contributed by atoms with Gasteiger partial charge in [-0.05, 0) is 82.1 Å². The van der Waals surface area contributed by atoms with Crippen LogP contribution in [0.15, 0.2) is 54.1 Å². The number of nitrogens with zero attached hydrogens (tertiary/aromatic N) is 1. The number of esters is 1. The maximum atomic E-state index is 11.3. The Bertz CT molecular complexity index is 906. The van der Waals surface area contributed by atoms with Gasteiger partial charge in [0.25, 0.3) is 0 Å². The predicted molar refractivity (Wildman–Crippen MR) is 140 cm³/mol. The van der Waals surface area contributed by atoms with E-state index in [-0.39, 0.29) is 5.97 Å². The van der Waals surface area contributed by atoms with Crippen LogP contribution in [0.25, 0.3) is 10.8 Å². The molecule has 0 aliphatic carbocycles. The Labute approximate surface area is 205 Å². The quantitative estimate of drug-likeness (QED) is 0.219. The number of fused-ring (bicyclic) bond motifs is 1. The molecule has 1 aliphatic heterocycles. The lowest BCUT2D eigenvalue weighted by Crippen LogP contribution is -2.39. The number of allylic oxidation sites excluding steroid dienone is 1. The third-order valence-corrected chi connectivity index (χ3v) is 6.75. The van der Waals surface area contributed by atoms with E-state index in [1.165, 1.54) is 56.8 Å². The number of methoxy groups -OCH3 is 1. The van der Waals surface area contributed by atoms with Gasteiger partial charge in [-0.3, -0.25) is 4.79 Å². The molecule has 5 heteroatoms. The number of carbonyl (C=O) groups is 1. The molecule has 0 radical (unpaired) electrons. The van der Waals surface area contributed by atoms with E-state index in [1.54, 1.807) is 0 Å². The lowest BCUT2D eigenvalue weighted by atomic mass is 10.0. The number of likely N-dealkylation sites (tertiary alicyclic amines) is 1. The highest BCUT2D eigenvalue weighted by Crippen LogP contribution is 2.25. The largest absolute Gasteiger partial charge is 0.489 e. The molecule has 1 saturated heterocycles. The fraction of sp³-hybridized carbons (Fsp3) is 0.552. The minimum absolute atomic E-state index is 0.131. The van der Waals surface area contributed by atoms with Crippen LogP contribution in [-0.2, 0) is 9.53 Å². The van der Waals surface area contributed by atoms with Crippen LogP contribution in [-0.4, -0.2) is 56.8 Å². The van der Waals surface area contributed by atoms with Gasteiger partial charge in [0, 0.05) is 24.4 Å². The van der Waals surface area contributed by atoms with Gasteiger partial charge in [0.15, 0.2) is 0 Å². The Hall–Kier alpha value is -2.37. The summed E-state index contributed by atoms with van der Waals surface area (Å²) in [6.07, 6.45) is 10.7. The minimum atomic E-state index is -0.131. The lowest BCUT2D eigenvalue weighted by molar-refractivity contribution is -0.140. The van der Waals surface area contributed by atoms with Crippen LogP contribution in [0.5, 0.6) is 5.75 Å². The van der Waals surface area contributed by atoms with Crippen LogP contribution in [0.1, 0.15) is 58.3 Å². The molecule has 2 aromatic carbocycles. The first-order valence-corrected chi connectivity index (χ1v) is 13.0. The zero-order valence-corrected chi connectivity index (χ0v) is 21.1. The molecule has 0 spiro atoms. The molecule has 0 saturated carbocycles. The third kappa shape index (κ3) is 8.77. The van der Waals surface area contributed by atoms with E-state index in [9.17, 15) is 4.79 Å². The summed E-state index contributed by atoms with van der Waals surface area (Å²) in [4.78, 5) is 14.0. The number of hydrogen-bond donors (Lipinski definition) is 1. The molecule has 0 aromatic heterocycles. The van der Waals surface area contributed by atoms with Gasteiger partial charge in [-0.1, -0.05) is 48.9 Å². The predicted octanol–water partition coefficient (Wildman–Crippen LogP) is 5.73. The molecule has 1 aliphatic rings. The van der Waals surface area contributed by atoms with Crippen molar-refractivity contribution in [2.75, 3.05) is 39.9 Å². The number of ether oxygens (including phenoxy) is 2. The average Bonchev–Trinajstić information content (AvgIpc) is 2.87. The van der Waals surface area contributed by atoms with Crippen LogP contribution in [0.4, 0.5) is 0 Å². The smallest absolute Gasteiger partial charge is 0.305 e. The maximum Gasteiger partial charge on any atom is 0.305 e. The Morgan fingerprint density at radius 2 is 1.97 bits per heavy atom. The number of benzene rings is 2. The molecule has 0 bridgehead atoms. The van der Waals surface area contributed by atoms with Crippen LogP contribution in [0.3, 0.4) is 0 Å². The summed E-state index contributed by atoms with van der Waals surface area (Å²) < 4.78 is 11.0. The van der Waals surface area contributed by atoms with Crippen molar-refractivity contribution in [3.8, 4) is 5.75 Å². The highest BCUT2D eigenvalue weighted by molar-refractivity contribution is 5.88. The first-order chi connectivity index (χ1) is 16.7. The molecule has 1 unspecified atom stereocenters. The Kier molecular flexibility index (Phi) is 11.4. The maximum absolute atomic E-state index is 11.3. The van der Waals surface area contributed by atoms with E-state index >= 15 is 0 Å². The summed E-state index contributed by atoms with van der Waals surface area (Å²) in [6.45, 7) is 7.19. The highest BCUT2D eigenvalue weighted by Gasteiger charge is 2.17. The van der Waals surface area contributed by atoms with Gasteiger partial charge in [0.2, 0.25) is 0 Å². The number of piperidine rings is 1. The Morgan fingerprint density at radius 3 is 2.82 bits per heavy atom. The molecular weight excluding hydrogens is 424 g/mol. The van der Waals surface area contributed by atoms with Crippen molar-refractivity contribution >= 4 is 16.7 Å². The van der Waals surface area contributed by atoms with E-state index < -0.39 is 0 Å². The molecule has 5 nitrogen and oxygen atoms in total. The molecule has 2 aromatic rings. The summed E-state index contributed by atoms with van der Waals surface area (Å²) in [5.41, 5.74) is 1.26.